The zero-order chi connectivity index (χ0) is 15.7. The average Bonchev–Trinajstić information content (AvgIpc) is 2.94. The van der Waals surface area contributed by atoms with Crippen LogP contribution in [0.15, 0.2) is 42.5 Å². The van der Waals surface area contributed by atoms with Crippen LogP contribution in [0.1, 0.15) is 22.3 Å². The van der Waals surface area contributed by atoms with Crippen LogP contribution in [0.2, 0.25) is 0 Å². The molecule has 1 saturated heterocycles. The summed E-state index contributed by atoms with van der Waals surface area (Å²) in [5, 5.41) is 0. The molecule has 1 atom stereocenters. The van der Waals surface area contributed by atoms with Gasteiger partial charge in [-0.2, -0.15) is 0 Å². The summed E-state index contributed by atoms with van der Waals surface area (Å²) in [6.45, 7) is 3.10. The minimum Gasteiger partial charge on any atom is -0.337 e. The first-order valence-electron chi connectivity index (χ1n) is 7.46. The predicted octanol–water partition coefficient (Wildman–Crippen LogP) is 2.97. The molecule has 0 unspecified atom stereocenters. The van der Waals surface area contributed by atoms with Gasteiger partial charge in [0.05, 0.1) is 5.56 Å². The maximum atomic E-state index is 14.3. The molecule has 114 valence electrons. The van der Waals surface area contributed by atoms with Gasteiger partial charge in [-0.25, -0.2) is 4.39 Å². The number of rotatable bonds is 2. The van der Waals surface area contributed by atoms with E-state index < -0.39 is 5.82 Å². The number of hydrogen-bond acceptors (Lipinski definition) is 2. The van der Waals surface area contributed by atoms with Crippen LogP contribution in [0.25, 0.3) is 11.1 Å². The fourth-order valence-electron chi connectivity index (χ4n) is 2.76. The third-order valence-corrected chi connectivity index (χ3v) is 4.10. The van der Waals surface area contributed by atoms with Crippen LogP contribution in [-0.4, -0.2) is 29.9 Å². The molecule has 3 rings (SSSR count). The molecule has 1 aliphatic heterocycles. The van der Waals surface area contributed by atoms with Crippen LogP contribution in [0.4, 0.5) is 4.39 Å². The molecule has 0 saturated carbocycles. The summed E-state index contributed by atoms with van der Waals surface area (Å²) < 4.78 is 14.3. The van der Waals surface area contributed by atoms with Gasteiger partial charge in [-0.05, 0) is 36.6 Å². The molecule has 2 N–H and O–H groups in total. The second-order valence-corrected chi connectivity index (χ2v) is 5.86. The van der Waals surface area contributed by atoms with Crippen molar-refractivity contribution >= 4 is 5.91 Å². The minimum absolute atomic E-state index is 0.00107. The lowest BCUT2D eigenvalue weighted by Gasteiger charge is -2.16. The fraction of sp³-hybridized carbons (Fsp3) is 0.278. The van der Waals surface area contributed by atoms with E-state index in [-0.39, 0.29) is 17.5 Å². The third kappa shape index (κ3) is 2.88. The van der Waals surface area contributed by atoms with Crippen molar-refractivity contribution in [1.82, 2.24) is 4.90 Å². The Morgan fingerprint density at radius 1 is 1.18 bits per heavy atom. The molecule has 1 fully saturated rings. The number of carbonyl (C=O) groups is 1. The zero-order valence-corrected chi connectivity index (χ0v) is 12.6. The Hall–Kier alpha value is -2.20. The average molecular weight is 298 g/mol. The standard InChI is InChI=1S/C18H19FN2O/c1-12-2-4-13(5-3-12)14-6-7-16(17(19)10-14)18(22)21-9-8-15(20)11-21/h2-7,10,15H,8-9,11,20H2,1H3/t15-/m1/s1. The number of nitrogens with two attached hydrogens (primary N) is 1. The van der Waals surface area contributed by atoms with Gasteiger partial charge in [0.1, 0.15) is 5.82 Å². The predicted molar refractivity (Wildman–Crippen MR) is 85.1 cm³/mol. The quantitative estimate of drug-likeness (QED) is 0.926. The number of amides is 1. The second-order valence-electron chi connectivity index (χ2n) is 5.86. The molecule has 22 heavy (non-hydrogen) atoms. The van der Waals surface area contributed by atoms with Crippen molar-refractivity contribution in [2.75, 3.05) is 13.1 Å². The van der Waals surface area contributed by atoms with Crippen molar-refractivity contribution in [3.05, 3.63) is 59.4 Å². The molecule has 0 aliphatic carbocycles. The smallest absolute Gasteiger partial charge is 0.256 e. The van der Waals surface area contributed by atoms with Crippen molar-refractivity contribution in [3.63, 3.8) is 0 Å². The summed E-state index contributed by atoms with van der Waals surface area (Å²) in [4.78, 5) is 14.0. The van der Waals surface area contributed by atoms with Gasteiger partial charge in [0.15, 0.2) is 0 Å². The molecule has 2 aromatic carbocycles. The van der Waals surface area contributed by atoms with Gasteiger partial charge >= 0.3 is 0 Å². The first kappa shape index (κ1) is 14.7. The molecule has 0 spiro atoms. The van der Waals surface area contributed by atoms with Crippen LogP contribution in [0.3, 0.4) is 0 Å². The molecule has 0 bridgehead atoms. The molecule has 0 radical (unpaired) electrons. The Morgan fingerprint density at radius 3 is 2.45 bits per heavy atom. The zero-order valence-electron chi connectivity index (χ0n) is 12.6. The molecule has 2 aromatic rings. The Kier molecular flexibility index (Phi) is 3.94. The highest BCUT2D eigenvalue weighted by molar-refractivity contribution is 5.95. The van der Waals surface area contributed by atoms with Crippen LogP contribution in [-0.2, 0) is 0 Å². The van der Waals surface area contributed by atoms with Crippen LogP contribution >= 0.6 is 0 Å². The maximum absolute atomic E-state index is 14.3. The molecular formula is C18H19FN2O. The van der Waals surface area contributed by atoms with Crippen molar-refractivity contribution in [1.29, 1.82) is 0 Å². The summed E-state index contributed by atoms with van der Waals surface area (Å²) in [6.07, 6.45) is 0.773. The summed E-state index contributed by atoms with van der Waals surface area (Å²) in [6, 6.07) is 12.6. The normalized spacial score (nSPS) is 17.8. The Labute approximate surface area is 129 Å². The van der Waals surface area contributed by atoms with Crippen molar-refractivity contribution in [3.8, 4) is 11.1 Å². The summed E-state index contributed by atoms with van der Waals surface area (Å²) in [7, 11) is 0. The maximum Gasteiger partial charge on any atom is 0.256 e. The van der Waals surface area contributed by atoms with Crippen LogP contribution in [0.5, 0.6) is 0 Å². The first-order valence-corrected chi connectivity index (χ1v) is 7.46. The summed E-state index contributed by atoms with van der Waals surface area (Å²) >= 11 is 0. The largest absolute Gasteiger partial charge is 0.337 e. The monoisotopic (exact) mass is 298 g/mol. The van der Waals surface area contributed by atoms with E-state index in [1.807, 2.05) is 31.2 Å². The topological polar surface area (TPSA) is 46.3 Å². The van der Waals surface area contributed by atoms with Gasteiger partial charge in [-0.1, -0.05) is 35.9 Å². The van der Waals surface area contributed by atoms with Gasteiger partial charge in [-0.15, -0.1) is 0 Å². The van der Waals surface area contributed by atoms with E-state index in [2.05, 4.69) is 0 Å². The molecule has 3 nitrogen and oxygen atoms in total. The lowest BCUT2D eigenvalue weighted by Crippen LogP contribution is -2.32. The van der Waals surface area contributed by atoms with Gasteiger partial charge in [0, 0.05) is 19.1 Å². The molecule has 1 aliphatic rings. The number of likely N-dealkylation sites (tertiary alicyclic amines) is 1. The van der Waals surface area contributed by atoms with E-state index in [9.17, 15) is 9.18 Å². The number of aryl methyl sites for hydroxylation is 1. The van der Waals surface area contributed by atoms with E-state index >= 15 is 0 Å². The van der Waals surface area contributed by atoms with Crippen molar-refractivity contribution in [2.24, 2.45) is 5.73 Å². The molecule has 0 aromatic heterocycles. The highest BCUT2D eigenvalue weighted by atomic mass is 19.1. The van der Waals surface area contributed by atoms with Crippen molar-refractivity contribution < 1.29 is 9.18 Å². The Bertz CT molecular complexity index is 697. The van der Waals surface area contributed by atoms with Gasteiger partial charge in [0.25, 0.3) is 5.91 Å². The van der Waals surface area contributed by atoms with E-state index in [0.717, 1.165) is 23.1 Å². The summed E-state index contributed by atoms with van der Waals surface area (Å²) in [5.41, 5.74) is 8.78. The third-order valence-electron chi connectivity index (χ3n) is 4.10. The number of hydrogen-bond donors (Lipinski definition) is 1. The lowest BCUT2D eigenvalue weighted by molar-refractivity contribution is 0.0786. The van der Waals surface area contributed by atoms with Gasteiger partial charge < -0.3 is 10.6 Å². The van der Waals surface area contributed by atoms with Gasteiger partial charge in [0.2, 0.25) is 0 Å². The Balaban J connectivity index is 1.86. The van der Waals surface area contributed by atoms with E-state index in [1.54, 1.807) is 17.0 Å². The molecule has 1 amide bonds. The highest BCUT2D eigenvalue weighted by Crippen LogP contribution is 2.24. The number of nitrogens with zero attached hydrogens (tertiary/aromatic N) is 1. The number of carbonyl (C=O) groups excluding carboxylic acids is 1. The minimum atomic E-state index is -0.483. The van der Waals surface area contributed by atoms with E-state index in [1.165, 1.54) is 6.07 Å². The molecular weight excluding hydrogens is 279 g/mol. The molecule has 1 heterocycles. The first-order chi connectivity index (χ1) is 10.5. The van der Waals surface area contributed by atoms with Gasteiger partial charge in [-0.3, -0.25) is 4.79 Å². The Morgan fingerprint density at radius 2 is 1.86 bits per heavy atom. The van der Waals surface area contributed by atoms with Crippen LogP contribution < -0.4 is 5.73 Å². The van der Waals surface area contributed by atoms with E-state index in [4.69, 9.17) is 5.73 Å². The van der Waals surface area contributed by atoms with Crippen LogP contribution in [0, 0.1) is 12.7 Å². The lowest BCUT2D eigenvalue weighted by atomic mass is 10.0. The van der Waals surface area contributed by atoms with Crippen molar-refractivity contribution in [2.45, 2.75) is 19.4 Å². The number of benzene rings is 2. The highest BCUT2D eigenvalue weighted by Gasteiger charge is 2.26. The second kappa shape index (κ2) is 5.89. The summed E-state index contributed by atoms with van der Waals surface area (Å²) in [5.74, 6) is -0.760. The van der Waals surface area contributed by atoms with E-state index in [0.29, 0.717) is 13.1 Å². The number of halogens is 1. The SMILES string of the molecule is Cc1ccc(-c2ccc(C(=O)N3CC[C@@H](N)C3)c(F)c2)cc1. The fourth-order valence-corrected chi connectivity index (χ4v) is 2.76. The molecule has 4 heteroatoms.